The highest BCUT2D eigenvalue weighted by atomic mass is 16.2. The van der Waals surface area contributed by atoms with Crippen molar-refractivity contribution in [3.63, 3.8) is 0 Å². The lowest BCUT2D eigenvalue weighted by molar-refractivity contribution is -0.124. The summed E-state index contributed by atoms with van der Waals surface area (Å²) in [4.78, 5) is 22.7. The second-order valence-corrected chi connectivity index (χ2v) is 4.22. The predicted octanol–water partition coefficient (Wildman–Crippen LogP) is -0.867. The van der Waals surface area contributed by atoms with Crippen LogP contribution in [0.2, 0.25) is 0 Å². The van der Waals surface area contributed by atoms with Gasteiger partial charge in [-0.25, -0.2) is 0 Å². The highest BCUT2D eigenvalue weighted by Crippen LogP contribution is 2.08. The quantitative estimate of drug-likeness (QED) is 0.556. The van der Waals surface area contributed by atoms with Crippen LogP contribution in [-0.2, 0) is 9.59 Å². The number of piperidine rings is 1. The van der Waals surface area contributed by atoms with E-state index in [4.69, 9.17) is 0 Å². The molecular formula is C10H17N3O2. The number of hydrogen-bond acceptors (Lipinski definition) is 3. The van der Waals surface area contributed by atoms with Gasteiger partial charge < -0.3 is 16.0 Å². The Labute approximate surface area is 89.0 Å². The van der Waals surface area contributed by atoms with Crippen molar-refractivity contribution in [2.45, 2.75) is 37.8 Å². The van der Waals surface area contributed by atoms with Crippen molar-refractivity contribution >= 4 is 11.8 Å². The van der Waals surface area contributed by atoms with E-state index < -0.39 is 0 Å². The maximum Gasteiger partial charge on any atom is 0.237 e. The van der Waals surface area contributed by atoms with Gasteiger partial charge in [0.25, 0.3) is 0 Å². The molecule has 2 amide bonds. The molecule has 0 aliphatic carbocycles. The molecule has 0 aromatic heterocycles. The normalized spacial score (nSPS) is 31.1. The van der Waals surface area contributed by atoms with Crippen LogP contribution in [0.25, 0.3) is 0 Å². The van der Waals surface area contributed by atoms with E-state index in [1.165, 1.54) is 0 Å². The highest BCUT2D eigenvalue weighted by molar-refractivity contribution is 5.84. The molecule has 2 aliphatic rings. The number of carbonyl (C=O) groups excluding carboxylic acids is 2. The second kappa shape index (κ2) is 4.61. The summed E-state index contributed by atoms with van der Waals surface area (Å²) >= 11 is 0. The Hall–Kier alpha value is -1.10. The molecule has 3 N–H and O–H groups in total. The van der Waals surface area contributed by atoms with Crippen molar-refractivity contribution in [1.29, 1.82) is 0 Å². The lowest BCUT2D eigenvalue weighted by Crippen LogP contribution is -2.50. The molecule has 2 heterocycles. The van der Waals surface area contributed by atoms with Crippen LogP contribution < -0.4 is 16.0 Å². The Morgan fingerprint density at radius 2 is 2.27 bits per heavy atom. The average Bonchev–Trinajstić information content (AvgIpc) is 2.65. The summed E-state index contributed by atoms with van der Waals surface area (Å²) in [6, 6.07) is -0.0804. The zero-order valence-electron chi connectivity index (χ0n) is 8.71. The van der Waals surface area contributed by atoms with Crippen molar-refractivity contribution in [3.05, 3.63) is 0 Å². The average molecular weight is 211 g/mol. The van der Waals surface area contributed by atoms with Gasteiger partial charge in [-0.2, -0.15) is 0 Å². The monoisotopic (exact) mass is 211 g/mol. The SMILES string of the molecule is O=C1CC(NC(=O)[C@H]2CCCCN2)CN1. The van der Waals surface area contributed by atoms with Gasteiger partial charge in [-0.05, 0) is 19.4 Å². The Morgan fingerprint density at radius 3 is 2.87 bits per heavy atom. The van der Waals surface area contributed by atoms with Gasteiger partial charge in [-0.15, -0.1) is 0 Å². The van der Waals surface area contributed by atoms with E-state index in [1.807, 2.05) is 0 Å². The Bertz CT molecular complexity index is 261. The van der Waals surface area contributed by atoms with Crippen LogP contribution in [0, 0.1) is 0 Å². The molecule has 2 aliphatic heterocycles. The molecule has 0 bridgehead atoms. The van der Waals surface area contributed by atoms with Crippen LogP contribution in [-0.4, -0.2) is 37.0 Å². The molecule has 0 spiro atoms. The fraction of sp³-hybridized carbons (Fsp3) is 0.800. The van der Waals surface area contributed by atoms with Gasteiger partial charge in [0.15, 0.2) is 0 Å². The van der Waals surface area contributed by atoms with Crippen LogP contribution in [0.1, 0.15) is 25.7 Å². The number of amides is 2. The van der Waals surface area contributed by atoms with Gasteiger partial charge in [0.05, 0.1) is 12.1 Å². The molecule has 2 atom stereocenters. The van der Waals surface area contributed by atoms with E-state index >= 15 is 0 Å². The number of hydrogen-bond donors (Lipinski definition) is 3. The Kier molecular flexibility index (Phi) is 3.20. The Morgan fingerprint density at radius 1 is 1.40 bits per heavy atom. The Balaban J connectivity index is 1.78. The third kappa shape index (κ3) is 2.68. The summed E-state index contributed by atoms with van der Waals surface area (Å²) in [6.45, 7) is 1.48. The molecule has 2 fully saturated rings. The van der Waals surface area contributed by atoms with Gasteiger partial charge in [-0.1, -0.05) is 6.42 Å². The first-order chi connectivity index (χ1) is 7.25. The molecular weight excluding hydrogens is 194 g/mol. The van der Waals surface area contributed by atoms with E-state index in [2.05, 4.69) is 16.0 Å². The smallest absolute Gasteiger partial charge is 0.237 e. The molecule has 84 valence electrons. The third-order valence-corrected chi connectivity index (χ3v) is 2.95. The van der Waals surface area contributed by atoms with Crippen molar-refractivity contribution in [3.8, 4) is 0 Å². The van der Waals surface area contributed by atoms with E-state index in [1.54, 1.807) is 0 Å². The summed E-state index contributed by atoms with van der Waals surface area (Å²) in [5.41, 5.74) is 0. The topological polar surface area (TPSA) is 70.2 Å². The van der Waals surface area contributed by atoms with Crippen molar-refractivity contribution in [1.82, 2.24) is 16.0 Å². The number of rotatable bonds is 2. The van der Waals surface area contributed by atoms with Crippen LogP contribution in [0.5, 0.6) is 0 Å². The standard InChI is InChI=1S/C10H17N3O2/c14-9-5-7(6-12-9)13-10(15)8-3-1-2-4-11-8/h7-8,11H,1-6H2,(H,12,14)(H,13,15)/t7?,8-/m1/s1. The highest BCUT2D eigenvalue weighted by Gasteiger charge is 2.26. The molecule has 5 nitrogen and oxygen atoms in total. The summed E-state index contributed by atoms with van der Waals surface area (Å²) in [5.74, 6) is 0.0631. The third-order valence-electron chi connectivity index (χ3n) is 2.95. The fourth-order valence-electron chi connectivity index (χ4n) is 2.08. The minimum absolute atomic E-state index is 0.0197. The van der Waals surface area contributed by atoms with E-state index in [0.717, 1.165) is 25.8 Å². The summed E-state index contributed by atoms with van der Waals surface area (Å²) in [6.07, 6.45) is 3.57. The van der Waals surface area contributed by atoms with Gasteiger partial charge in [0.2, 0.25) is 11.8 Å². The molecule has 1 unspecified atom stereocenters. The van der Waals surface area contributed by atoms with Gasteiger partial charge in [0, 0.05) is 13.0 Å². The lowest BCUT2D eigenvalue weighted by Gasteiger charge is -2.23. The lowest BCUT2D eigenvalue weighted by atomic mass is 10.0. The first-order valence-corrected chi connectivity index (χ1v) is 5.56. The molecule has 5 heteroatoms. The van der Waals surface area contributed by atoms with E-state index in [9.17, 15) is 9.59 Å². The summed E-state index contributed by atoms with van der Waals surface area (Å²) in [7, 11) is 0. The van der Waals surface area contributed by atoms with Gasteiger partial charge in [0.1, 0.15) is 0 Å². The largest absolute Gasteiger partial charge is 0.354 e. The number of nitrogens with one attached hydrogen (secondary N) is 3. The van der Waals surface area contributed by atoms with Crippen molar-refractivity contribution < 1.29 is 9.59 Å². The fourth-order valence-corrected chi connectivity index (χ4v) is 2.08. The van der Waals surface area contributed by atoms with Gasteiger partial charge >= 0.3 is 0 Å². The molecule has 0 saturated carbocycles. The van der Waals surface area contributed by atoms with Crippen molar-refractivity contribution in [2.75, 3.05) is 13.1 Å². The van der Waals surface area contributed by atoms with E-state index in [-0.39, 0.29) is 23.9 Å². The summed E-state index contributed by atoms with van der Waals surface area (Å²) in [5, 5.41) is 8.78. The van der Waals surface area contributed by atoms with Crippen LogP contribution in [0.4, 0.5) is 0 Å². The molecule has 2 rings (SSSR count). The molecule has 0 aromatic rings. The maximum atomic E-state index is 11.7. The predicted molar refractivity (Wildman–Crippen MR) is 55.2 cm³/mol. The molecule has 0 radical (unpaired) electrons. The van der Waals surface area contributed by atoms with E-state index in [0.29, 0.717) is 13.0 Å². The minimum atomic E-state index is -0.0607. The first kappa shape index (κ1) is 10.4. The second-order valence-electron chi connectivity index (χ2n) is 4.22. The number of carbonyl (C=O) groups is 2. The zero-order valence-corrected chi connectivity index (χ0v) is 8.71. The minimum Gasteiger partial charge on any atom is -0.354 e. The molecule has 0 aromatic carbocycles. The summed E-state index contributed by atoms with van der Waals surface area (Å²) < 4.78 is 0. The van der Waals surface area contributed by atoms with Crippen molar-refractivity contribution in [2.24, 2.45) is 0 Å². The zero-order chi connectivity index (χ0) is 10.7. The maximum absolute atomic E-state index is 11.7. The van der Waals surface area contributed by atoms with Crippen LogP contribution >= 0.6 is 0 Å². The van der Waals surface area contributed by atoms with Crippen LogP contribution in [0.3, 0.4) is 0 Å². The van der Waals surface area contributed by atoms with Crippen LogP contribution in [0.15, 0.2) is 0 Å². The molecule has 2 saturated heterocycles. The molecule has 15 heavy (non-hydrogen) atoms. The first-order valence-electron chi connectivity index (χ1n) is 5.56. The van der Waals surface area contributed by atoms with Gasteiger partial charge in [-0.3, -0.25) is 9.59 Å².